The molecule has 4 nitrogen and oxygen atoms in total. The molecule has 5 heteroatoms. The molecule has 0 saturated heterocycles. The van der Waals surface area contributed by atoms with Crippen LogP contribution in [0.5, 0.6) is 0 Å². The van der Waals surface area contributed by atoms with E-state index in [2.05, 4.69) is 9.97 Å². The molecule has 3 N–H and O–H groups in total. The van der Waals surface area contributed by atoms with Gasteiger partial charge in [0, 0.05) is 17.5 Å². The first-order valence-corrected chi connectivity index (χ1v) is 6.44. The summed E-state index contributed by atoms with van der Waals surface area (Å²) in [5.74, 6) is 1.08. The molecule has 1 aromatic rings. The van der Waals surface area contributed by atoms with Crippen LogP contribution in [0, 0.1) is 6.92 Å². The lowest BCUT2D eigenvalue weighted by Crippen LogP contribution is -2.29. The Bertz CT molecular complexity index is 333. The third-order valence-corrected chi connectivity index (χ3v) is 3.76. The molecule has 0 amide bonds. The van der Waals surface area contributed by atoms with Crippen molar-refractivity contribution < 1.29 is 5.11 Å². The van der Waals surface area contributed by atoms with Crippen molar-refractivity contribution in [1.82, 2.24) is 9.97 Å². The maximum absolute atomic E-state index is 10.1. The van der Waals surface area contributed by atoms with Gasteiger partial charge < -0.3 is 10.8 Å². The predicted molar refractivity (Wildman–Crippen MR) is 67.4 cm³/mol. The fourth-order valence-corrected chi connectivity index (χ4v) is 2.47. The average Bonchev–Trinajstić information content (AvgIpc) is 2.25. The van der Waals surface area contributed by atoms with E-state index in [0.717, 1.165) is 18.5 Å². The molecular formula is C11H19N3OS. The second-order valence-corrected chi connectivity index (χ2v) is 4.88. The summed E-state index contributed by atoms with van der Waals surface area (Å²) in [4.78, 5) is 8.39. The van der Waals surface area contributed by atoms with Gasteiger partial charge in [-0.3, -0.25) is 0 Å². The van der Waals surface area contributed by atoms with E-state index in [1.54, 1.807) is 6.07 Å². The quantitative estimate of drug-likeness (QED) is 0.609. The SMILES string of the molecule is CCC(O)(CC)CSc1nc(C)cc(N)n1. The summed E-state index contributed by atoms with van der Waals surface area (Å²) in [6.07, 6.45) is 1.47. The molecule has 0 saturated carbocycles. The van der Waals surface area contributed by atoms with Crippen LogP contribution >= 0.6 is 11.8 Å². The summed E-state index contributed by atoms with van der Waals surface area (Å²) in [7, 11) is 0. The monoisotopic (exact) mass is 241 g/mol. The van der Waals surface area contributed by atoms with Gasteiger partial charge in [0.25, 0.3) is 0 Å². The molecule has 0 aliphatic carbocycles. The van der Waals surface area contributed by atoms with Crippen molar-refractivity contribution in [2.24, 2.45) is 0 Å². The number of aromatic nitrogens is 2. The molecule has 0 atom stereocenters. The molecule has 1 heterocycles. The number of hydrogen-bond donors (Lipinski definition) is 2. The summed E-state index contributed by atoms with van der Waals surface area (Å²) in [6.45, 7) is 5.85. The fraction of sp³-hybridized carbons (Fsp3) is 0.636. The molecule has 90 valence electrons. The molecule has 16 heavy (non-hydrogen) atoms. The summed E-state index contributed by atoms with van der Waals surface area (Å²) < 4.78 is 0. The van der Waals surface area contributed by atoms with Gasteiger partial charge in [0.2, 0.25) is 0 Å². The molecule has 0 fully saturated rings. The molecule has 0 aliphatic heterocycles. The lowest BCUT2D eigenvalue weighted by molar-refractivity contribution is 0.0571. The number of rotatable bonds is 5. The highest BCUT2D eigenvalue weighted by Crippen LogP contribution is 2.25. The van der Waals surface area contributed by atoms with E-state index in [0.29, 0.717) is 16.7 Å². The lowest BCUT2D eigenvalue weighted by Gasteiger charge is -2.23. The molecule has 0 bridgehead atoms. The number of hydrogen-bond acceptors (Lipinski definition) is 5. The van der Waals surface area contributed by atoms with Gasteiger partial charge in [-0.2, -0.15) is 0 Å². The van der Waals surface area contributed by atoms with E-state index in [1.807, 2.05) is 20.8 Å². The van der Waals surface area contributed by atoms with Crippen LogP contribution in [0.3, 0.4) is 0 Å². The van der Waals surface area contributed by atoms with Crippen LogP contribution < -0.4 is 5.73 Å². The first-order chi connectivity index (χ1) is 7.49. The van der Waals surface area contributed by atoms with Crippen LogP contribution in [-0.2, 0) is 0 Å². The standard InChI is InChI=1S/C11H19N3OS/c1-4-11(15,5-2)7-16-10-13-8(3)6-9(12)14-10/h6,15H,4-5,7H2,1-3H3,(H2,12,13,14). The Kier molecular flexibility index (Phi) is 4.56. The summed E-state index contributed by atoms with van der Waals surface area (Å²) in [6, 6.07) is 1.73. The molecule has 1 rings (SSSR count). The van der Waals surface area contributed by atoms with Gasteiger partial charge in [-0.15, -0.1) is 0 Å². The normalized spacial score (nSPS) is 11.8. The topological polar surface area (TPSA) is 72.0 Å². The van der Waals surface area contributed by atoms with Gasteiger partial charge >= 0.3 is 0 Å². The van der Waals surface area contributed by atoms with Gasteiger partial charge in [0.15, 0.2) is 5.16 Å². The van der Waals surface area contributed by atoms with E-state index in [1.165, 1.54) is 11.8 Å². The van der Waals surface area contributed by atoms with Gasteiger partial charge in [-0.25, -0.2) is 9.97 Å². The number of nitrogens with two attached hydrogens (primary N) is 1. The van der Waals surface area contributed by atoms with Crippen molar-refractivity contribution in [3.63, 3.8) is 0 Å². The van der Waals surface area contributed by atoms with Crippen molar-refractivity contribution in [3.05, 3.63) is 11.8 Å². The Labute approximate surface area is 101 Å². The second kappa shape index (κ2) is 5.50. The zero-order chi connectivity index (χ0) is 12.2. The highest BCUT2D eigenvalue weighted by molar-refractivity contribution is 7.99. The lowest BCUT2D eigenvalue weighted by atomic mass is 10.0. The largest absolute Gasteiger partial charge is 0.389 e. The van der Waals surface area contributed by atoms with Gasteiger partial charge in [0.1, 0.15) is 5.82 Å². The van der Waals surface area contributed by atoms with Crippen LogP contribution in [0.1, 0.15) is 32.4 Å². The van der Waals surface area contributed by atoms with Gasteiger partial charge in [0.05, 0.1) is 5.60 Å². The highest BCUT2D eigenvalue weighted by atomic mass is 32.2. The minimum absolute atomic E-state index is 0.478. The summed E-state index contributed by atoms with van der Waals surface area (Å²) >= 11 is 1.45. The average molecular weight is 241 g/mol. The predicted octanol–water partition coefficient (Wildman–Crippen LogP) is 2.01. The zero-order valence-electron chi connectivity index (χ0n) is 10.0. The van der Waals surface area contributed by atoms with E-state index in [9.17, 15) is 5.11 Å². The van der Waals surface area contributed by atoms with E-state index < -0.39 is 5.60 Å². The highest BCUT2D eigenvalue weighted by Gasteiger charge is 2.22. The van der Waals surface area contributed by atoms with Gasteiger partial charge in [-0.05, 0) is 19.8 Å². The van der Waals surface area contributed by atoms with Crippen molar-refractivity contribution in [1.29, 1.82) is 0 Å². The Morgan fingerprint density at radius 1 is 1.38 bits per heavy atom. The first kappa shape index (κ1) is 13.3. The number of anilines is 1. The maximum Gasteiger partial charge on any atom is 0.189 e. The molecule has 1 aromatic heterocycles. The number of aliphatic hydroxyl groups is 1. The van der Waals surface area contributed by atoms with Crippen molar-refractivity contribution in [3.8, 4) is 0 Å². The van der Waals surface area contributed by atoms with Crippen LogP contribution in [-0.4, -0.2) is 26.4 Å². The van der Waals surface area contributed by atoms with E-state index >= 15 is 0 Å². The van der Waals surface area contributed by atoms with E-state index in [4.69, 9.17) is 5.73 Å². The number of aryl methyl sites for hydroxylation is 1. The molecule has 0 aliphatic rings. The Morgan fingerprint density at radius 2 is 2.00 bits per heavy atom. The number of thioether (sulfide) groups is 1. The summed E-state index contributed by atoms with van der Waals surface area (Å²) in [5.41, 5.74) is 5.86. The minimum Gasteiger partial charge on any atom is -0.389 e. The van der Waals surface area contributed by atoms with Crippen LogP contribution in [0.15, 0.2) is 11.2 Å². The Hall–Kier alpha value is -0.810. The van der Waals surface area contributed by atoms with Gasteiger partial charge in [-0.1, -0.05) is 25.6 Å². The number of nitrogens with zero attached hydrogens (tertiary/aromatic N) is 2. The van der Waals surface area contributed by atoms with E-state index in [-0.39, 0.29) is 0 Å². The third-order valence-electron chi connectivity index (χ3n) is 2.64. The summed E-state index contributed by atoms with van der Waals surface area (Å²) in [5, 5.41) is 10.8. The zero-order valence-corrected chi connectivity index (χ0v) is 10.8. The smallest absolute Gasteiger partial charge is 0.189 e. The minimum atomic E-state index is -0.632. The fourth-order valence-electron chi connectivity index (χ4n) is 1.28. The van der Waals surface area contributed by atoms with Crippen LogP contribution in [0.25, 0.3) is 0 Å². The molecular weight excluding hydrogens is 222 g/mol. The molecule has 0 aromatic carbocycles. The van der Waals surface area contributed by atoms with Crippen molar-refractivity contribution >= 4 is 17.6 Å². The van der Waals surface area contributed by atoms with Crippen molar-refractivity contribution in [2.45, 2.75) is 44.4 Å². The molecule has 0 spiro atoms. The second-order valence-electron chi connectivity index (χ2n) is 3.94. The third kappa shape index (κ3) is 3.64. The number of nitrogen functional groups attached to an aromatic ring is 1. The molecule has 0 radical (unpaired) electrons. The first-order valence-electron chi connectivity index (χ1n) is 5.45. The van der Waals surface area contributed by atoms with Crippen molar-refractivity contribution in [2.75, 3.05) is 11.5 Å². The van der Waals surface area contributed by atoms with Crippen LogP contribution in [0.2, 0.25) is 0 Å². The Balaban J connectivity index is 2.67. The maximum atomic E-state index is 10.1. The molecule has 0 unspecified atom stereocenters. The Morgan fingerprint density at radius 3 is 2.50 bits per heavy atom. The van der Waals surface area contributed by atoms with Crippen LogP contribution in [0.4, 0.5) is 5.82 Å².